The Hall–Kier alpha value is -2.46. The zero-order chi connectivity index (χ0) is 17.1. The fourth-order valence-electron chi connectivity index (χ4n) is 3.38. The summed E-state index contributed by atoms with van der Waals surface area (Å²) < 4.78 is 20.2. The highest BCUT2D eigenvalue weighted by atomic mass is 19.1. The molecule has 25 heavy (non-hydrogen) atoms. The molecule has 0 N–H and O–H groups in total. The maximum absolute atomic E-state index is 14.3. The summed E-state index contributed by atoms with van der Waals surface area (Å²) in [6, 6.07) is 15.7. The van der Waals surface area contributed by atoms with Gasteiger partial charge in [-0.2, -0.15) is 0 Å². The van der Waals surface area contributed by atoms with E-state index in [1.807, 2.05) is 12.1 Å². The minimum Gasteiger partial charge on any atom is -0.487 e. The second-order valence-electron chi connectivity index (χ2n) is 6.58. The van der Waals surface area contributed by atoms with Crippen molar-refractivity contribution in [2.45, 2.75) is 25.5 Å². The molecule has 0 radical (unpaired) electrons. The normalized spacial score (nSPS) is 16.2. The third-order valence-corrected chi connectivity index (χ3v) is 4.77. The number of pyridine rings is 1. The van der Waals surface area contributed by atoms with Gasteiger partial charge in [-0.15, -0.1) is 0 Å². The van der Waals surface area contributed by atoms with E-state index in [0.29, 0.717) is 5.75 Å². The summed E-state index contributed by atoms with van der Waals surface area (Å²) in [6.07, 6.45) is 5.29. The lowest BCUT2D eigenvalue weighted by atomic mass is 10.1. The third-order valence-electron chi connectivity index (χ3n) is 4.77. The molecular weight excluding hydrogens is 315 g/mol. The SMILES string of the molecule is Fc1cc2cnccc2cc1OC1CCN(Cc2ccccc2)CC1. The van der Waals surface area contributed by atoms with Crippen molar-refractivity contribution in [2.24, 2.45) is 0 Å². The summed E-state index contributed by atoms with van der Waals surface area (Å²) in [6.45, 7) is 2.91. The van der Waals surface area contributed by atoms with Crippen molar-refractivity contribution >= 4 is 10.8 Å². The molecule has 1 fully saturated rings. The number of hydrogen-bond donors (Lipinski definition) is 0. The van der Waals surface area contributed by atoms with Crippen LogP contribution in [0, 0.1) is 5.82 Å². The molecule has 1 aromatic heterocycles. The van der Waals surface area contributed by atoms with E-state index in [9.17, 15) is 4.39 Å². The number of likely N-dealkylation sites (tertiary alicyclic amines) is 1. The number of aromatic nitrogens is 1. The van der Waals surface area contributed by atoms with Crippen LogP contribution in [0.1, 0.15) is 18.4 Å². The molecule has 0 spiro atoms. The van der Waals surface area contributed by atoms with Gasteiger partial charge in [-0.3, -0.25) is 9.88 Å². The van der Waals surface area contributed by atoms with Crippen LogP contribution in [0.4, 0.5) is 4.39 Å². The number of rotatable bonds is 4. The Morgan fingerprint density at radius 1 is 1.04 bits per heavy atom. The molecule has 0 atom stereocenters. The van der Waals surface area contributed by atoms with E-state index in [1.54, 1.807) is 18.5 Å². The number of ether oxygens (including phenoxy) is 1. The van der Waals surface area contributed by atoms with E-state index in [-0.39, 0.29) is 11.9 Å². The second kappa shape index (κ2) is 7.19. The Kier molecular flexibility index (Phi) is 4.61. The van der Waals surface area contributed by atoms with Gasteiger partial charge >= 0.3 is 0 Å². The highest BCUT2D eigenvalue weighted by molar-refractivity contribution is 5.83. The Labute approximate surface area is 147 Å². The molecule has 2 aromatic carbocycles. The van der Waals surface area contributed by atoms with Gasteiger partial charge in [0.2, 0.25) is 0 Å². The summed E-state index contributed by atoms with van der Waals surface area (Å²) in [5, 5.41) is 1.75. The molecule has 1 saturated heterocycles. The molecule has 0 saturated carbocycles. The van der Waals surface area contributed by atoms with Gasteiger partial charge in [-0.1, -0.05) is 30.3 Å². The molecule has 0 bridgehead atoms. The molecule has 3 aromatic rings. The van der Waals surface area contributed by atoms with Crippen LogP contribution in [-0.4, -0.2) is 29.1 Å². The van der Waals surface area contributed by atoms with Gasteiger partial charge in [-0.25, -0.2) is 4.39 Å². The van der Waals surface area contributed by atoms with Crippen LogP contribution in [0.15, 0.2) is 60.9 Å². The topological polar surface area (TPSA) is 25.4 Å². The van der Waals surface area contributed by atoms with Crippen molar-refractivity contribution in [2.75, 3.05) is 13.1 Å². The molecule has 128 valence electrons. The lowest BCUT2D eigenvalue weighted by Gasteiger charge is -2.32. The molecular formula is C21H21FN2O. The first-order valence-corrected chi connectivity index (χ1v) is 8.74. The molecule has 4 rings (SSSR count). The van der Waals surface area contributed by atoms with Crippen LogP contribution >= 0.6 is 0 Å². The maximum Gasteiger partial charge on any atom is 0.165 e. The molecule has 0 unspecified atom stereocenters. The average molecular weight is 336 g/mol. The van der Waals surface area contributed by atoms with Gasteiger partial charge in [0, 0.05) is 37.4 Å². The summed E-state index contributed by atoms with van der Waals surface area (Å²) in [4.78, 5) is 6.46. The van der Waals surface area contributed by atoms with E-state index < -0.39 is 0 Å². The van der Waals surface area contributed by atoms with Crippen molar-refractivity contribution in [1.82, 2.24) is 9.88 Å². The predicted molar refractivity (Wildman–Crippen MR) is 97.1 cm³/mol. The fraction of sp³-hybridized carbons (Fsp3) is 0.286. The van der Waals surface area contributed by atoms with Crippen LogP contribution in [0.5, 0.6) is 5.75 Å². The van der Waals surface area contributed by atoms with Crippen LogP contribution in [0.2, 0.25) is 0 Å². The van der Waals surface area contributed by atoms with E-state index in [4.69, 9.17) is 4.74 Å². The predicted octanol–water partition coefficient (Wildman–Crippen LogP) is 4.42. The van der Waals surface area contributed by atoms with Gasteiger partial charge in [0.1, 0.15) is 6.10 Å². The van der Waals surface area contributed by atoms with E-state index in [2.05, 4.69) is 34.1 Å². The van der Waals surface area contributed by atoms with Crippen molar-refractivity contribution in [3.63, 3.8) is 0 Å². The standard InChI is InChI=1S/C21H21FN2O/c22-20-12-18-14-23-9-6-17(18)13-21(20)25-19-7-10-24(11-8-19)15-16-4-2-1-3-5-16/h1-6,9,12-14,19H,7-8,10-11,15H2. The number of benzene rings is 2. The van der Waals surface area contributed by atoms with Crippen molar-refractivity contribution < 1.29 is 9.13 Å². The summed E-state index contributed by atoms with van der Waals surface area (Å²) in [5.74, 6) is 0.0347. The van der Waals surface area contributed by atoms with E-state index in [1.165, 1.54) is 11.6 Å². The minimum atomic E-state index is -0.313. The number of nitrogens with zero attached hydrogens (tertiary/aromatic N) is 2. The van der Waals surface area contributed by atoms with Crippen LogP contribution in [0.3, 0.4) is 0 Å². The zero-order valence-electron chi connectivity index (χ0n) is 14.1. The molecule has 0 aliphatic carbocycles. The number of fused-ring (bicyclic) bond motifs is 1. The van der Waals surface area contributed by atoms with Gasteiger partial charge in [0.05, 0.1) is 0 Å². The lowest BCUT2D eigenvalue weighted by Crippen LogP contribution is -2.37. The second-order valence-corrected chi connectivity index (χ2v) is 6.58. The van der Waals surface area contributed by atoms with Gasteiger partial charge in [-0.05, 0) is 42.0 Å². The minimum absolute atomic E-state index is 0.0702. The number of hydrogen-bond acceptors (Lipinski definition) is 3. The highest BCUT2D eigenvalue weighted by Crippen LogP contribution is 2.27. The monoisotopic (exact) mass is 336 g/mol. The molecule has 3 nitrogen and oxygen atoms in total. The van der Waals surface area contributed by atoms with Crippen LogP contribution in [0.25, 0.3) is 10.8 Å². The summed E-state index contributed by atoms with van der Waals surface area (Å²) in [5.41, 5.74) is 1.33. The number of piperidine rings is 1. The zero-order valence-corrected chi connectivity index (χ0v) is 14.1. The number of halogens is 1. The lowest BCUT2D eigenvalue weighted by molar-refractivity contribution is 0.0937. The highest BCUT2D eigenvalue weighted by Gasteiger charge is 2.21. The largest absolute Gasteiger partial charge is 0.487 e. The first kappa shape index (κ1) is 16.0. The quantitative estimate of drug-likeness (QED) is 0.705. The van der Waals surface area contributed by atoms with Gasteiger partial charge in [0.25, 0.3) is 0 Å². The first-order valence-electron chi connectivity index (χ1n) is 8.74. The van der Waals surface area contributed by atoms with Crippen molar-refractivity contribution in [1.29, 1.82) is 0 Å². The van der Waals surface area contributed by atoms with Gasteiger partial charge in [0.15, 0.2) is 11.6 Å². The summed E-state index contributed by atoms with van der Waals surface area (Å²) in [7, 11) is 0. The summed E-state index contributed by atoms with van der Waals surface area (Å²) >= 11 is 0. The third kappa shape index (κ3) is 3.80. The average Bonchev–Trinajstić information content (AvgIpc) is 2.65. The Balaban J connectivity index is 1.38. The van der Waals surface area contributed by atoms with Gasteiger partial charge < -0.3 is 4.74 Å². The van der Waals surface area contributed by atoms with Crippen LogP contribution < -0.4 is 4.74 Å². The Bertz CT molecular complexity index is 845. The van der Waals surface area contributed by atoms with E-state index in [0.717, 1.165) is 43.2 Å². The molecule has 0 amide bonds. The Morgan fingerprint density at radius 3 is 2.64 bits per heavy atom. The van der Waals surface area contributed by atoms with E-state index >= 15 is 0 Å². The van der Waals surface area contributed by atoms with Crippen LogP contribution in [-0.2, 0) is 6.54 Å². The Morgan fingerprint density at radius 2 is 1.84 bits per heavy atom. The molecule has 1 aliphatic rings. The molecule has 4 heteroatoms. The molecule has 1 aliphatic heterocycles. The fourth-order valence-corrected chi connectivity index (χ4v) is 3.38. The molecule has 2 heterocycles. The maximum atomic E-state index is 14.3. The van der Waals surface area contributed by atoms with Crippen molar-refractivity contribution in [3.8, 4) is 5.75 Å². The smallest absolute Gasteiger partial charge is 0.165 e. The first-order chi connectivity index (χ1) is 12.3. The van der Waals surface area contributed by atoms with Crippen molar-refractivity contribution in [3.05, 3.63) is 72.3 Å².